The molecule has 3 aliphatic carbocycles. The van der Waals surface area contributed by atoms with Crippen LogP contribution in [0.1, 0.15) is 40.0 Å². The third-order valence-corrected chi connectivity index (χ3v) is 4.49. The van der Waals surface area contributed by atoms with Gasteiger partial charge in [0.25, 0.3) is 0 Å². The number of fused-ring (bicyclic) bond motifs is 2. The van der Waals surface area contributed by atoms with Crippen LogP contribution in [0.5, 0.6) is 0 Å². The third-order valence-electron chi connectivity index (χ3n) is 4.49. The van der Waals surface area contributed by atoms with Gasteiger partial charge in [-0.2, -0.15) is 0 Å². The summed E-state index contributed by atoms with van der Waals surface area (Å²) in [6.07, 6.45) is 7.50. The number of rotatable bonds is 1. The predicted molar refractivity (Wildman–Crippen MR) is 67.3 cm³/mol. The lowest BCUT2D eigenvalue weighted by atomic mass is 9.46. The molecule has 0 amide bonds. The second kappa shape index (κ2) is 4.55. The molecule has 3 saturated carbocycles. The normalized spacial score (nSPS) is 37.5. The molecular formula is C13H25B. The highest BCUT2D eigenvalue weighted by atomic mass is 14.6. The minimum absolute atomic E-state index is 0.706. The molecule has 0 aromatic carbocycles. The summed E-state index contributed by atoms with van der Waals surface area (Å²) >= 11 is 0. The SMILES string of the molecule is BCC=C.CC1CCC2CC1C2(C)C. The Bertz CT molecular complexity index is 193. The van der Waals surface area contributed by atoms with Gasteiger partial charge in [-0.1, -0.05) is 39.6 Å². The molecule has 3 fully saturated rings. The second-order valence-corrected chi connectivity index (χ2v) is 5.61. The molecule has 0 aliphatic heterocycles. The molecule has 14 heavy (non-hydrogen) atoms. The standard InChI is InChI=1S/C10H18.C3H7B/c1-7-4-5-8-6-9(7)10(8,2)3;1-2-3-4/h7-9H,4-6H2,1-3H3;2H,1,3-4H2. The Morgan fingerprint density at radius 1 is 1.43 bits per heavy atom. The molecule has 0 N–H and O–H groups in total. The van der Waals surface area contributed by atoms with Gasteiger partial charge in [0.05, 0.1) is 0 Å². The minimum atomic E-state index is 0.706. The Morgan fingerprint density at radius 2 is 2.00 bits per heavy atom. The summed E-state index contributed by atoms with van der Waals surface area (Å²) in [7, 11) is 2.06. The summed E-state index contributed by atoms with van der Waals surface area (Å²) in [5.41, 5.74) is 0.706. The molecule has 80 valence electrons. The fraction of sp³-hybridized carbons (Fsp3) is 0.846. The van der Waals surface area contributed by atoms with E-state index < -0.39 is 0 Å². The van der Waals surface area contributed by atoms with Crippen molar-refractivity contribution < 1.29 is 0 Å². The Hall–Kier alpha value is -0.195. The third kappa shape index (κ3) is 2.07. The summed E-state index contributed by atoms with van der Waals surface area (Å²) in [4.78, 5) is 0. The maximum absolute atomic E-state index is 3.48. The molecule has 0 radical (unpaired) electrons. The first-order valence-corrected chi connectivity index (χ1v) is 6.14. The summed E-state index contributed by atoms with van der Waals surface area (Å²) in [6.45, 7) is 10.8. The van der Waals surface area contributed by atoms with Crippen molar-refractivity contribution in [1.29, 1.82) is 0 Å². The van der Waals surface area contributed by atoms with Crippen LogP contribution < -0.4 is 0 Å². The highest BCUT2D eigenvalue weighted by Crippen LogP contribution is 2.61. The van der Waals surface area contributed by atoms with Gasteiger partial charge in [-0.05, 0) is 36.0 Å². The van der Waals surface area contributed by atoms with E-state index in [2.05, 4.69) is 35.2 Å². The Kier molecular flexibility index (Phi) is 3.86. The predicted octanol–water partition coefficient (Wildman–Crippen LogP) is 3.30. The molecular weight excluding hydrogens is 167 g/mol. The largest absolute Gasteiger partial charge is 0.106 e. The van der Waals surface area contributed by atoms with E-state index in [0.717, 1.165) is 24.1 Å². The van der Waals surface area contributed by atoms with Gasteiger partial charge in [0.15, 0.2) is 0 Å². The van der Waals surface area contributed by atoms with Crippen LogP contribution in [0.4, 0.5) is 0 Å². The quantitative estimate of drug-likeness (QED) is 0.441. The van der Waals surface area contributed by atoms with Crippen LogP contribution in [0.3, 0.4) is 0 Å². The topological polar surface area (TPSA) is 0 Å². The van der Waals surface area contributed by atoms with E-state index in [-0.39, 0.29) is 0 Å². The second-order valence-electron chi connectivity index (χ2n) is 5.61. The molecule has 0 aromatic rings. The highest BCUT2D eigenvalue weighted by molar-refractivity contribution is 6.09. The smallest absolute Gasteiger partial charge is 0.104 e. The first-order valence-electron chi connectivity index (χ1n) is 6.14. The summed E-state index contributed by atoms with van der Waals surface area (Å²) in [5.74, 6) is 3.15. The Labute approximate surface area is 90.6 Å². The van der Waals surface area contributed by atoms with Crippen molar-refractivity contribution >= 4 is 7.85 Å². The lowest BCUT2D eigenvalue weighted by Gasteiger charge is -2.59. The minimum Gasteiger partial charge on any atom is -0.104 e. The maximum atomic E-state index is 3.48. The summed E-state index contributed by atoms with van der Waals surface area (Å²) in [5, 5.41) is 0. The lowest BCUT2D eigenvalue weighted by molar-refractivity contribution is -0.0988. The van der Waals surface area contributed by atoms with Crippen LogP contribution >= 0.6 is 0 Å². The zero-order chi connectivity index (χ0) is 10.8. The zero-order valence-electron chi connectivity index (χ0n) is 10.3. The van der Waals surface area contributed by atoms with Crippen LogP contribution in [0.2, 0.25) is 6.32 Å². The summed E-state index contributed by atoms with van der Waals surface area (Å²) in [6, 6.07) is 0. The van der Waals surface area contributed by atoms with Crippen molar-refractivity contribution in [3.8, 4) is 0 Å². The van der Waals surface area contributed by atoms with Crippen LogP contribution in [-0.2, 0) is 0 Å². The van der Waals surface area contributed by atoms with Gasteiger partial charge in [0.1, 0.15) is 7.85 Å². The lowest BCUT2D eigenvalue weighted by Crippen LogP contribution is -2.51. The molecule has 0 spiro atoms. The molecule has 1 heteroatoms. The van der Waals surface area contributed by atoms with Crippen LogP contribution in [0.25, 0.3) is 0 Å². The van der Waals surface area contributed by atoms with E-state index in [9.17, 15) is 0 Å². The fourth-order valence-electron chi connectivity index (χ4n) is 3.18. The number of hydrogen-bond donors (Lipinski definition) is 0. The number of allylic oxidation sites excluding steroid dienone is 1. The van der Waals surface area contributed by atoms with Crippen molar-refractivity contribution in [2.24, 2.45) is 23.2 Å². The molecule has 0 aromatic heterocycles. The van der Waals surface area contributed by atoms with Crippen LogP contribution in [-0.4, -0.2) is 7.85 Å². The molecule has 0 nitrogen and oxygen atoms in total. The van der Waals surface area contributed by atoms with Gasteiger partial charge in [-0.15, -0.1) is 6.58 Å². The van der Waals surface area contributed by atoms with E-state index in [1.54, 1.807) is 0 Å². The zero-order valence-corrected chi connectivity index (χ0v) is 10.3. The molecule has 0 saturated heterocycles. The van der Waals surface area contributed by atoms with E-state index >= 15 is 0 Å². The van der Waals surface area contributed by atoms with E-state index in [1.807, 2.05) is 6.08 Å². The highest BCUT2D eigenvalue weighted by Gasteiger charge is 2.52. The first-order chi connectivity index (χ1) is 6.54. The Balaban J connectivity index is 0.000000213. The summed E-state index contributed by atoms with van der Waals surface area (Å²) < 4.78 is 0. The fourth-order valence-corrected chi connectivity index (χ4v) is 3.18. The molecule has 3 unspecified atom stereocenters. The van der Waals surface area contributed by atoms with Gasteiger partial charge >= 0.3 is 0 Å². The van der Waals surface area contributed by atoms with Gasteiger partial charge < -0.3 is 0 Å². The van der Waals surface area contributed by atoms with Gasteiger partial charge in [-0.25, -0.2) is 0 Å². The monoisotopic (exact) mass is 192 g/mol. The average Bonchev–Trinajstić information content (AvgIpc) is 2.17. The molecule has 2 bridgehead atoms. The van der Waals surface area contributed by atoms with Gasteiger partial charge in [0, 0.05) is 0 Å². The molecule has 3 aliphatic rings. The van der Waals surface area contributed by atoms with Gasteiger partial charge in [0.2, 0.25) is 0 Å². The van der Waals surface area contributed by atoms with E-state index in [4.69, 9.17) is 0 Å². The van der Waals surface area contributed by atoms with E-state index in [0.29, 0.717) is 5.41 Å². The van der Waals surface area contributed by atoms with Crippen molar-refractivity contribution in [1.82, 2.24) is 0 Å². The van der Waals surface area contributed by atoms with Crippen molar-refractivity contribution in [3.05, 3.63) is 12.7 Å². The van der Waals surface area contributed by atoms with Crippen molar-refractivity contribution in [3.63, 3.8) is 0 Å². The van der Waals surface area contributed by atoms with Crippen LogP contribution in [0.15, 0.2) is 12.7 Å². The average molecular weight is 192 g/mol. The number of hydrogen-bond acceptors (Lipinski definition) is 0. The van der Waals surface area contributed by atoms with Gasteiger partial charge in [-0.3, -0.25) is 0 Å². The van der Waals surface area contributed by atoms with E-state index in [1.165, 1.54) is 19.3 Å². The molecule has 3 atom stereocenters. The maximum Gasteiger partial charge on any atom is 0.106 e. The molecule has 3 rings (SSSR count). The van der Waals surface area contributed by atoms with Crippen molar-refractivity contribution in [2.45, 2.75) is 46.4 Å². The van der Waals surface area contributed by atoms with Crippen LogP contribution in [0, 0.1) is 23.2 Å². The first kappa shape index (κ1) is 11.9. The molecule has 0 heterocycles. The Morgan fingerprint density at radius 3 is 2.21 bits per heavy atom. The van der Waals surface area contributed by atoms with Crippen molar-refractivity contribution in [2.75, 3.05) is 0 Å².